The molecule has 2 saturated heterocycles. The lowest BCUT2D eigenvalue weighted by molar-refractivity contribution is -0.134. The summed E-state index contributed by atoms with van der Waals surface area (Å²) < 4.78 is 0. The number of nitrogens with two attached hydrogens (primary N) is 1. The van der Waals surface area contributed by atoms with E-state index in [2.05, 4.69) is 16.3 Å². The SMILES string of the molecule is NC1CC2CCC(C1)N2CC(=O)N1CCc2sccc2C1. The van der Waals surface area contributed by atoms with Gasteiger partial charge in [0.1, 0.15) is 0 Å². The molecule has 3 aliphatic rings. The van der Waals surface area contributed by atoms with Gasteiger partial charge in [0.05, 0.1) is 6.54 Å². The van der Waals surface area contributed by atoms with Crippen LogP contribution in [0, 0.1) is 0 Å². The summed E-state index contributed by atoms with van der Waals surface area (Å²) in [5.74, 6) is 0.305. The molecule has 1 aromatic rings. The molecule has 0 aliphatic carbocycles. The molecule has 4 nitrogen and oxygen atoms in total. The molecule has 4 rings (SSSR count). The van der Waals surface area contributed by atoms with Gasteiger partial charge in [-0.1, -0.05) is 0 Å². The lowest BCUT2D eigenvalue weighted by atomic mass is 9.98. The predicted octanol–water partition coefficient (Wildman–Crippen LogP) is 1.59. The van der Waals surface area contributed by atoms with Gasteiger partial charge in [0.15, 0.2) is 0 Å². The summed E-state index contributed by atoms with van der Waals surface area (Å²) in [6.45, 7) is 2.29. The van der Waals surface area contributed by atoms with E-state index in [-0.39, 0.29) is 0 Å². The summed E-state index contributed by atoms with van der Waals surface area (Å²) in [7, 11) is 0. The predicted molar refractivity (Wildman–Crippen MR) is 84.2 cm³/mol. The summed E-state index contributed by atoms with van der Waals surface area (Å²) in [5, 5.41) is 2.14. The van der Waals surface area contributed by atoms with Crippen LogP contribution in [-0.2, 0) is 17.8 Å². The summed E-state index contributed by atoms with van der Waals surface area (Å²) in [5.41, 5.74) is 7.46. The van der Waals surface area contributed by atoms with E-state index in [0.29, 0.717) is 30.6 Å². The molecular weight excluding hydrogens is 282 g/mol. The van der Waals surface area contributed by atoms with Crippen LogP contribution in [0.25, 0.3) is 0 Å². The Morgan fingerprint density at radius 1 is 1.33 bits per heavy atom. The molecule has 2 N–H and O–H groups in total. The van der Waals surface area contributed by atoms with E-state index in [9.17, 15) is 4.79 Å². The van der Waals surface area contributed by atoms with Crippen LogP contribution in [0.2, 0.25) is 0 Å². The second-order valence-electron chi connectivity index (χ2n) is 6.72. The van der Waals surface area contributed by atoms with E-state index in [1.807, 2.05) is 16.2 Å². The molecular formula is C16H23N3OS. The maximum Gasteiger partial charge on any atom is 0.237 e. The highest BCUT2D eigenvalue weighted by molar-refractivity contribution is 7.10. The van der Waals surface area contributed by atoms with Crippen molar-refractivity contribution >= 4 is 17.2 Å². The molecule has 2 atom stereocenters. The Labute approximate surface area is 129 Å². The smallest absolute Gasteiger partial charge is 0.237 e. The normalized spacial score (nSPS) is 32.2. The number of fused-ring (bicyclic) bond motifs is 3. The molecule has 0 saturated carbocycles. The van der Waals surface area contributed by atoms with Gasteiger partial charge in [-0.15, -0.1) is 11.3 Å². The summed E-state index contributed by atoms with van der Waals surface area (Å²) in [4.78, 5) is 18.6. The van der Waals surface area contributed by atoms with E-state index in [1.54, 1.807) is 0 Å². The zero-order chi connectivity index (χ0) is 14.4. The highest BCUT2D eigenvalue weighted by Crippen LogP contribution is 2.35. The van der Waals surface area contributed by atoms with E-state index in [4.69, 9.17) is 5.73 Å². The minimum atomic E-state index is 0.305. The van der Waals surface area contributed by atoms with E-state index in [0.717, 1.165) is 32.4 Å². The molecule has 3 aliphatic heterocycles. The Kier molecular flexibility index (Phi) is 3.52. The zero-order valence-electron chi connectivity index (χ0n) is 12.3. The highest BCUT2D eigenvalue weighted by atomic mass is 32.1. The Balaban J connectivity index is 1.41. The minimum Gasteiger partial charge on any atom is -0.337 e. The fourth-order valence-corrected chi connectivity index (χ4v) is 5.18. The van der Waals surface area contributed by atoms with Gasteiger partial charge in [0.2, 0.25) is 5.91 Å². The van der Waals surface area contributed by atoms with Crippen molar-refractivity contribution in [2.24, 2.45) is 5.73 Å². The number of nitrogens with zero attached hydrogens (tertiary/aromatic N) is 2. The lowest BCUT2D eigenvalue weighted by Crippen LogP contribution is -2.51. The fraction of sp³-hybridized carbons (Fsp3) is 0.688. The molecule has 5 heteroatoms. The average Bonchev–Trinajstić information content (AvgIpc) is 3.02. The molecule has 1 amide bonds. The fourth-order valence-electron chi connectivity index (χ4n) is 4.29. The van der Waals surface area contributed by atoms with Gasteiger partial charge in [-0.2, -0.15) is 0 Å². The second kappa shape index (κ2) is 5.38. The molecule has 114 valence electrons. The molecule has 2 fully saturated rings. The Morgan fingerprint density at radius 3 is 2.86 bits per heavy atom. The van der Waals surface area contributed by atoms with Crippen molar-refractivity contribution in [3.8, 4) is 0 Å². The summed E-state index contributed by atoms with van der Waals surface area (Å²) >= 11 is 1.82. The van der Waals surface area contributed by atoms with Crippen LogP contribution in [-0.4, -0.2) is 46.9 Å². The van der Waals surface area contributed by atoms with Crippen LogP contribution in [0.5, 0.6) is 0 Å². The standard InChI is InChI=1S/C16H23N3OS/c17-12-7-13-1-2-14(8-12)19(13)10-16(20)18-5-3-15-11(9-18)4-6-21-15/h4,6,12-14H,1-3,5,7-10,17H2. The molecule has 4 heterocycles. The van der Waals surface area contributed by atoms with Crippen molar-refractivity contribution in [1.29, 1.82) is 0 Å². The van der Waals surface area contributed by atoms with E-state index in [1.165, 1.54) is 23.3 Å². The monoisotopic (exact) mass is 305 g/mol. The van der Waals surface area contributed by atoms with Crippen LogP contribution >= 0.6 is 11.3 Å². The van der Waals surface area contributed by atoms with Crippen LogP contribution < -0.4 is 5.73 Å². The van der Waals surface area contributed by atoms with Gasteiger partial charge in [0.25, 0.3) is 0 Å². The summed E-state index contributed by atoms with van der Waals surface area (Å²) in [6, 6.07) is 3.61. The van der Waals surface area contributed by atoms with Crippen molar-refractivity contribution in [3.63, 3.8) is 0 Å². The average molecular weight is 305 g/mol. The minimum absolute atomic E-state index is 0.305. The van der Waals surface area contributed by atoms with Crippen molar-refractivity contribution in [2.75, 3.05) is 13.1 Å². The number of thiophene rings is 1. The number of hydrogen-bond acceptors (Lipinski definition) is 4. The first-order chi connectivity index (χ1) is 10.2. The van der Waals surface area contributed by atoms with Crippen LogP contribution in [0.4, 0.5) is 0 Å². The van der Waals surface area contributed by atoms with Gasteiger partial charge in [0, 0.05) is 36.1 Å². The first-order valence-corrected chi connectivity index (χ1v) is 8.93. The number of hydrogen-bond donors (Lipinski definition) is 1. The van der Waals surface area contributed by atoms with Crippen molar-refractivity contribution in [1.82, 2.24) is 9.80 Å². The molecule has 2 unspecified atom stereocenters. The topological polar surface area (TPSA) is 49.6 Å². The third-order valence-corrected chi connectivity index (χ3v) is 6.42. The first kappa shape index (κ1) is 13.7. The lowest BCUT2D eigenvalue weighted by Gasteiger charge is -2.38. The van der Waals surface area contributed by atoms with Crippen molar-refractivity contribution in [3.05, 3.63) is 21.9 Å². The van der Waals surface area contributed by atoms with Gasteiger partial charge in [-0.25, -0.2) is 0 Å². The second-order valence-corrected chi connectivity index (χ2v) is 7.72. The van der Waals surface area contributed by atoms with Gasteiger partial charge in [-0.3, -0.25) is 9.69 Å². The van der Waals surface area contributed by atoms with Crippen molar-refractivity contribution in [2.45, 2.75) is 56.8 Å². The van der Waals surface area contributed by atoms with Crippen LogP contribution in [0.1, 0.15) is 36.1 Å². The van der Waals surface area contributed by atoms with Gasteiger partial charge in [-0.05, 0) is 49.1 Å². The number of carbonyl (C=O) groups is 1. The number of rotatable bonds is 2. The third-order valence-electron chi connectivity index (χ3n) is 5.40. The Hall–Kier alpha value is -0.910. The third kappa shape index (κ3) is 2.51. The van der Waals surface area contributed by atoms with Crippen LogP contribution in [0.15, 0.2) is 11.4 Å². The Bertz CT molecular complexity index is 529. The Morgan fingerprint density at radius 2 is 2.10 bits per heavy atom. The van der Waals surface area contributed by atoms with E-state index < -0.39 is 0 Å². The summed E-state index contributed by atoms with van der Waals surface area (Å²) in [6.07, 6.45) is 5.61. The molecule has 0 spiro atoms. The highest BCUT2D eigenvalue weighted by Gasteiger charge is 2.40. The molecule has 0 aromatic carbocycles. The quantitative estimate of drug-likeness (QED) is 0.902. The van der Waals surface area contributed by atoms with Crippen molar-refractivity contribution < 1.29 is 4.79 Å². The maximum atomic E-state index is 12.7. The largest absolute Gasteiger partial charge is 0.337 e. The van der Waals surface area contributed by atoms with Gasteiger partial charge >= 0.3 is 0 Å². The molecule has 2 bridgehead atoms. The number of amides is 1. The maximum absolute atomic E-state index is 12.7. The molecule has 1 aromatic heterocycles. The number of carbonyl (C=O) groups excluding carboxylic acids is 1. The molecule has 21 heavy (non-hydrogen) atoms. The van der Waals surface area contributed by atoms with Crippen LogP contribution in [0.3, 0.4) is 0 Å². The number of piperidine rings is 1. The molecule has 0 radical (unpaired) electrons. The van der Waals surface area contributed by atoms with Gasteiger partial charge < -0.3 is 10.6 Å². The van der Waals surface area contributed by atoms with E-state index >= 15 is 0 Å². The zero-order valence-corrected chi connectivity index (χ0v) is 13.1. The first-order valence-electron chi connectivity index (χ1n) is 8.05.